The highest BCUT2D eigenvalue weighted by Crippen LogP contribution is 2.30. The molecule has 96 heavy (non-hydrogen) atoms. The Morgan fingerprint density at radius 2 is 0.719 bits per heavy atom. The number of carbonyl (C=O) groups excluding carboxylic acids is 1. The normalized spacial score (nSPS) is 22.6. The van der Waals surface area contributed by atoms with Crippen molar-refractivity contribution in [1.82, 2.24) is 5.32 Å². The number of amides is 1. The molecule has 2 rings (SSSR count). The molecule has 0 aromatic rings. The van der Waals surface area contributed by atoms with Gasteiger partial charge in [0.15, 0.2) is 12.6 Å². The predicted molar refractivity (Wildman–Crippen MR) is 397 cm³/mol. The smallest absolute Gasteiger partial charge is 0.220 e. The van der Waals surface area contributed by atoms with Crippen LogP contribution in [0.4, 0.5) is 0 Å². The lowest BCUT2D eigenvalue weighted by Crippen LogP contribution is -2.65. The molecular formula is C82H149NO13. The summed E-state index contributed by atoms with van der Waals surface area (Å²) in [6.07, 6.45) is 74.1. The van der Waals surface area contributed by atoms with Gasteiger partial charge in [0.25, 0.3) is 0 Å². The van der Waals surface area contributed by atoms with Crippen LogP contribution in [0.1, 0.15) is 348 Å². The van der Waals surface area contributed by atoms with Crippen LogP contribution in [-0.2, 0) is 23.7 Å². The number of unbranched alkanes of at least 4 members (excludes halogenated alkanes) is 44. The fraction of sp³-hybridized carbons (Fsp3) is 0.841. The number of ether oxygens (including phenoxy) is 4. The first kappa shape index (κ1) is 89.5. The van der Waals surface area contributed by atoms with E-state index in [1.165, 1.54) is 250 Å². The summed E-state index contributed by atoms with van der Waals surface area (Å²) in [7, 11) is 0. The lowest BCUT2D eigenvalue weighted by atomic mass is 9.97. The van der Waals surface area contributed by atoms with Crippen LogP contribution in [0.2, 0.25) is 0 Å². The molecule has 0 spiro atoms. The van der Waals surface area contributed by atoms with Crippen LogP contribution in [0, 0.1) is 0 Å². The number of rotatable bonds is 67. The van der Waals surface area contributed by atoms with E-state index >= 15 is 0 Å². The van der Waals surface area contributed by atoms with Crippen molar-refractivity contribution in [2.45, 2.75) is 421 Å². The van der Waals surface area contributed by atoms with Gasteiger partial charge in [-0.2, -0.15) is 0 Å². The first-order chi connectivity index (χ1) is 47.1. The highest BCUT2D eigenvalue weighted by molar-refractivity contribution is 5.76. The van der Waals surface area contributed by atoms with Gasteiger partial charge < -0.3 is 65.1 Å². The standard InChI is InChI=1S/C82H149NO13/c1-3-5-7-9-11-13-15-17-19-21-23-25-27-29-31-33-34-35-36-38-40-42-44-46-48-50-52-54-56-58-60-62-64-66-74(87)83-70(69-93-81-79(92)77(90)80(73(68-85)95-81)96-82-78(91)76(89)75(88)72(67-84)94-82)71(86)65-63-61-59-57-55-53-51-49-47-45-43-41-39-37-32-30-28-26-24-22-20-18-16-14-12-10-8-6-4-2/h5,7,11,13,17,19,23,25,29,31,63,65,70-73,75-82,84-86,88-92H,3-4,6,8-10,12,14-16,18,20-22,24,26-28,30,32-62,64,66-69H2,1-2H3,(H,83,87)/b7-5-,13-11-,19-17-,25-23-,31-29-,65-63+. The number of aliphatic hydroxyl groups is 8. The number of allylic oxidation sites excluding steroid dienone is 11. The van der Waals surface area contributed by atoms with Crippen LogP contribution >= 0.6 is 0 Å². The Morgan fingerprint density at radius 1 is 0.385 bits per heavy atom. The average Bonchev–Trinajstić information content (AvgIpc) is 0.812. The molecule has 0 aliphatic carbocycles. The molecule has 560 valence electrons. The molecule has 0 aromatic carbocycles. The number of carbonyl (C=O) groups is 1. The van der Waals surface area contributed by atoms with Gasteiger partial charge in [0.05, 0.1) is 32.0 Å². The van der Waals surface area contributed by atoms with E-state index in [1.807, 2.05) is 6.08 Å². The van der Waals surface area contributed by atoms with Crippen molar-refractivity contribution in [2.24, 2.45) is 0 Å². The van der Waals surface area contributed by atoms with Gasteiger partial charge in [-0.3, -0.25) is 4.79 Å². The molecule has 14 nitrogen and oxygen atoms in total. The van der Waals surface area contributed by atoms with Crippen molar-refractivity contribution >= 4 is 5.91 Å². The zero-order valence-corrected chi connectivity index (χ0v) is 61.4. The Kier molecular flexibility index (Phi) is 61.3. The molecule has 9 N–H and O–H groups in total. The Balaban J connectivity index is 1.62. The second-order valence-corrected chi connectivity index (χ2v) is 28.2. The van der Waals surface area contributed by atoms with E-state index in [2.05, 4.69) is 79.9 Å². The van der Waals surface area contributed by atoms with Crippen molar-refractivity contribution < 1.29 is 64.6 Å². The van der Waals surface area contributed by atoms with Gasteiger partial charge in [-0.15, -0.1) is 0 Å². The second-order valence-electron chi connectivity index (χ2n) is 28.2. The minimum absolute atomic E-state index is 0.235. The average molecular weight is 1360 g/mol. The summed E-state index contributed by atoms with van der Waals surface area (Å²) in [4.78, 5) is 13.4. The maximum Gasteiger partial charge on any atom is 0.220 e. The van der Waals surface area contributed by atoms with Crippen LogP contribution in [0.5, 0.6) is 0 Å². The summed E-state index contributed by atoms with van der Waals surface area (Å²) < 4.78 is 22.9. The first-order valence-corrected chi connectivity index (χ1v) is 40.2. The first-order valence-electron chi connectivity index (χ1n) is 40.2. The third-order valence-electron chi connectivity index (χ3n) is 19.4. The van der Waals surface area contributed by atoms with Gasteiger partial charge in [0.2, 0.25) is 5.91 Å². The zero-order valence-electron chi connectivity index (χ0n) is 61.4. The Labute approximate surface area is 587 Å². The summed E-state index contributed by atoms with van der Waals surface area (Å²) in [5.74, 6) is -0.235. The zero-order chi connectivity index (χ0) is 69.4. The van der Waals surface area contributed by atoms with E-state index in [4.69, 9.17) is 18.9 Å². The minimum Gasteiger partial charge on any atom is -0.394 e. The maximum atomic E-state index is 13.4. The van der Waals surface area contributed by atoms with E-state index in [0.29, 0.717) is 6.42 Å². The van der Waals surface area contributed by atoms with Crippen molar-refractivity contribution in [2.75, 3.05) is 19.8 Å². The van der Waals surface area contributed by atoms with E-state index in [-0.39, 0.29) is 18.9 Å². The van der Waals surface area contributed by atoms with Crippen molar-refractivity contribution in [3.63, 3.8) is 0 Å². The predicted octanol–water partition coefficient (Wildman–Crippen LogP) is 18.1. The number of hydrogen-bond acceptors (Lipinski definition) is 13. The van der Waals surface area contributed by atoms with Crippen molar-refractivity contribution in [3.8, 4) is 0 Å². The lowest BCUT2D eigenvalue weighted by Gasteiger charge is -2.46. The van der Waals surface area contributed by atoms with Crippen LogP contribution in [0.25, 0.3) is 0 Å². The third kappa shape index (κ3) is 48.3. The number of hydrogen-bond donors (Lipinski definition) is 9. The SMILES string of the molecule is CC/C=C\C/C=C\C/C=C\C/C=C\C/C=C\CCCCCCCCCCCCCCCCCCCC(=O)NC(COC1OC(CO)C(OC2OC(CO)C(O)C(O)C2O)C(O)C1O)C(O)/C=C/CCCCCCCCCCCCCCCCCCCCCCCCCCCCC. The van der Waals surface area contributed by atoms with E-state index < -0.39 is 86.8 Å². The van der Waals surface area contributed by atoms with Crippen molar-refractivity contribution in [3.05, 3.63) is 72.9 Å². The molecule has 2 aliphatic rings. The summed E-state index contributed by atoms with van der Waals surface area (Å²) in [5, 5.41) is 87.7. The molecule has 2 saturated heterocycles. The second kappa shape index (κ2) is 65.7. The fourth-order valence-electron chi connectivity index (χ4n) is 13.1. The summed E-state index contributed by atoms with van der Waals surface area (Å²) in [6, 6.07) is -0.919. The highest BCUT2D eigenvalue weighted by atomic mass is 16.7. The van der Waals surface area contributed by atoms with E-state index in [9.17, 15) is 45.6 Å². The van der Waals surface area contributed by atoms with E-state index in [1.54, 1.807) is 6.08 Å². The van der Waals surface area contributed by atoms with Gasteiger partial charge in [-0.25, -0.2) is 0 Å². The van der Waals surface area contributed by atoms with Gasteiger partial charge in [0.1, 0.15) is 48.8 Å². The summed E-state index contributed by atoms with van der Waals surface area (Å²) in [6.45, 7) is 2.74. The molecule has 0 aromatic heterocycles. The van der Waals surface area contributed by atoms with Crippen LogP contribution in [-0.4, -0.2) is 140 Å². The molecule has 1 amide bonds. The molecule has 2 heterocycles. The minimum atomic E-state index is -1.79. The molecule has 0 saturated carbocycles. The fourth-order valence-corrected chi connectivity index (χ4v) is 13.1. The molecule has 2 aliphatic heterocycles. The molecule has 12 atom stereocenters. The number of aliphatic hydroxyl groups excluding tert-OH is 8. The van der Waals surface area contributed by atoms with E-state index in [0.717, 1.165) is 70.6 Å². The van der Waals surface area contributed by atoms with Crippen LogP contribution in [0.3, 0.4) is 0 Å². The van der Waals surface area contributed by atoms with Gasteiger partial charge in [-0.05, 0) is 64.2 Å². The molecule has 0 bridgehead atoms. The number of nitrogens with one attached hydrogen (secondary N) is 1. The quantitative estimate of drug-likeness (QED) is 0.0204. The third-order valence-corrected chi connectivity index (χ3v) is 19.4. The van der Waals surface area contributed by atoms with Gasteiger partial charge in [-0.1, -0.05) is 350 Å². The molecule has 12 unspecified atom stereocenters. The topological polar surface area (TPSA) is 228 Å². The van der Waals surface area contributed by atoms with Gasteiger partial charge >= 0.3 is 0 Å². The molecule has 14 heteroatoms. The highest BCUT2D eigenvalue weighted by Gasteiger charge is 2.51. The molecule has 2 fully saturated rings. The van der Waals surface area contributed by atoms with Crippen LogP contribution < -0.4 is 5.32 Å². The largest absolute Gasteiger partial charge is 0.394 e. The Bertz CT molecular complexity index is 1890. The summed E-state index contributed by atoms with van der Waals surface area (Å²) >= 11 is 0. The maximum absolute atomic E-state index is 13.4. The lowest BCUT2D eigenvalue weighted by molar-refractivity contribution is -0.359. The Hall–Kier alpha value is -2.57. The molecule has 0 radical (unpaired) electrons. The van der Waals surface area contributed by atoms with Crippen LogP contribution in [0.15, 0.2) is 72.9 Å². The monoisotopic (exact) mass is 1360 g/mol. The van der Waals surface area contributed by atoms with Crippen molar-refractivity contribution in [1.29, 1.82) is 0 Å². The summed E-state index contributed by atoms with van der Waals surface area (Å²) in [5.41, 5.74) is 0. The molecular weight excluding hydrogens is 1210 g/mol. The van der Waals surface area contributed by atoms with Gasteiger partial charge in [0, 0.05) is 6.42 Å². The Morgan fingerprint density at radius 3 is 1.10 bits per heavy atom.